The fraction of sp³-hybridized carbons (Fsp3) is 0.429. The van der Waals surface area contributed by atoms with Crippen molar-refractivity contribution in [2.75, 3.05) is 19.6 Å². The van der Waals surface area contributed by atoms with Crippen molar-refractivity contribution in [3.05, 3.63) is 71.8 Å². The molecule has 0 unspecified atom stereocenters. The smallest absolute Gasteiger partial charge is 0.380 e. The highest BCUT2D eigenvalue weighted by Gasteiger charge is 2.36. The molecular weight excluding hydrogens is 355 g/mol. The van der Waals surface area contributed by atoms with Crippen LogP contribution in [-0.4, -0.2) is 42.1 Å². The van der Waals surface area contributed by atoms with Gasteiger partial charge in [0.1, 0.15) is 5.60 Å². The maximum Gasteiger partial charge on any atom is 0.522 e. The summed E-state index contributed by atoms with van der Waals surface area (Å²) in [5.74, 6) is 0. The molecule has 1 saturated heterocycles. The van der Waals surface area contributed by atoms with E-state index in [0.29, 0.717) is 32.4 Å². The van der Waals surface area contributed by atoms with Gasteiger partial charge in [-0.3, -0.25) is 4.74 Å². The Kier molecular flexibility index (Phi) is 6.19. The molecule has 1 heterocycles. The van der Waals surface area contributed by atoms with E-state index in [0.717, 1.165) is 11.1 Å². The third-order valence-electron chi connectivity index (χ3n) is 5.06. The molecule has 0 spiro atoms. The summed E-state index contributed by atoms with van der Waals surface area (Å²) in [6.45, 7) is 1.41. The van der Waals surface area contributed by atoms with E-state index in [4.69, 9.17) is 0 Å². The highest BCUT2D eigenvalue weighted by molar-refractivity contribution is 5.35. The number of halogens is 3. The second-order valence-corrected chi connectivity index (χ2v) is 6.97. The first-order valence-electron chi connectivity index (χ1n) is 9.17. The average molecular weight is 379 g/mol. The summed E-state index contributed by atoms with van der Waals surface area (Å²) in [5.41, 5.74) is 0.355. The van der Waals surface area contributed by atoms with Crippen LogP contribution < -0.4 is 0 Å². The number of benzene rings is 2. The quantitative estimate of drug-likeness (QED) is 0.812. The number of hydrogen-bond donors (Lipinski definition) is 1. The molecule has 3 nitrogen and oxygen atoms in total. The predicted octanol–water partition coefficient (Wildman–Crippen LogP) is 4.31. The lowest BCUT2D eigenvalue weighted by Gasteiger charge is -2.36. The molecule has 2 aromatic carbocycles. The Bertz CT molecular complexity index is 667. The van der Waals surface area contributed by atoms with Gasteiger partial charge < -0.3 is 10.0 Å². The van der Waals surface area contributed by atoms with Crippen LogP contribution in [0.4, 0.5) is 13.2 Å². The molecule has 6 heteroatoms. The van der Waals surface area contributed by atoms with Crippen LogP contribution in [0.15, 0.2) is 60.7 Å². The second-order valence-electron chi connectivity index (χ2n) is 6.97. The van der Waals surface area contributed by atoms with Crippen molar-refractivity contribution in [1.82, 2.24) is 4.90 Å². The molecule has 3 rings (SSSR count). The zero-order valence-corrected chi connectivity index (χ0v) is 15.0. The van der Waals surface area contributed by atoms with Gasteiger partial charge in [-0.1, -0.05) is 60.7 Å². The summed E-state index contributed by atoms with van der Waals surface area (Å²) in [4.78, 5) is 1.94. The predicted molar refractivity (Wildman–Crippen MR) is 97.1 cm³/mol. The molecule has 0 radical (unpaired) electrons. The number of hydrogen-bond acceptors (Lipinski definition) is 3. The van der Waals surface area contributed by atoms with E-state index in [1.54, 1.807) is 0 Å². The molecule has 0 aliphatic carbocycles. The van der Waals surface area contributed by atoms with Gasteiger partial charge in [-0.05, 0) is 36.9 Å². The van der Waals surface area contributed by atoms with Crippen molar-refractivity contribution >= 4 is 0 Å². The summed E-state index contributed by atoms with van der Waals surface area (Å²) < 4.78 is 41.7. The van der Waals surface area contributed by atoms with Gasteiger partial charge in [-0.25, -0.2) is 0 Å². The molecular formula is C21H24F3NO2. The van der Waals surface area contributed by atoms with Gasteiger partial charge in [-0.2, -0.15) is 0 Å². The first-order valence-corrected chi connectivity index (χ1v) is 9.17. The van der Waals surface area contributed by atoms with Crippen LogP contribution in [0.1, 0.15) is 30.4 Å². The summed E-state index contributed by atoms with van der Waals surface area (Å²) in [5, 5.41) is 11.5. The standard InChI is InChI=1S/C21H24F3NO2/c22-21(23,24)27-19-12-7-14-25(16-19)15-13-20(26,17-8-3-1-4-9-17)18-10-5-2-6-11-18/h1-6,8-11,19,26H,7,12-16H2/t19-/m1/s1. The molecule has 0 amide bonds. The normalized spacial score (nSPS) is 19.2. The first-order chi connectivity index (χ1) is 12.9. The van der Waals surface area contributed by atoms with Crippen molar-refractivity contribution in [2.24, 2.45) is 0 Å². The average Bonchev–Trinajstić information content (AvgIpc) is 2.66. The van der Waals surface area contributed by atoms with Gasteiger partial charge in [0.2, 0.25) is 0 Å². The largest absolute Gasteiger partial charge is 0.522 e. The number of nitrogens with zero attached hydrogens (tertiary/aromatic N) is 1. The lowest BCUT2D eigenvalue weighted by molar-refractivity contribution is -0.346. The van der Waals surface area contributed by atoms with Crippen LogP contribution in [0, 0.1) is 0 Å². The molecule has 0 aromatic heterocycles. The molecule has 1 aliphatic rings. The van der Waals surface area contributed by atoms with Gasteiger partial charge in [0.05, 0.1) is 6.10 Å². The van der Waals surface area contributed by atoms with Gasteiger partial charge in [0.15, 0.2) is 0 Å². The third kappa shape index (κ3) is 5.31. The summed E-state index contributed by atoms with van der Waals surface area (Å²) in [6.07, 6.45) is -4.02. The number of aliphatic hydroxyl groups is 1. The fourth-order valence-electron chi connectivity index (χ4n) is 3.70. The van der Waals surface area contributed by atoms with Crippen LogP contribution >= 0.6 is 0 Å². The van der Waals surface area contributed by atoms with E-state index in [2.05, 4.69) is 4.74 Å². The molecule has 1 fully saturated rings. The van der Waals surface area contributed by atoms with E-state index in [1.165, 1.54) is 0 Å². The summed E-state index contributed by atoms with van der Waals surface area (Å²) >= 11 is 0. The molecule has 146 valence electrons. The monoisotopic (exact) mass is 379 g/mol. The second kappa shape index (κ2) is 8.42. The Morgan fingerprint density at radius 2 is 1.52 bits per heavy atom. The topological polar surface area (TPSA) is 32.7 Å². The van der Waals surface area contributed by atoms with Crippen LogP contribution in [0.2, 0.25) is 0 Å². The van der Waals surface area contributed by atoms with E-state index in [-0.39, 0.29) is 6.54 Å². The van der Waals surface area contributed by atoms with Crippen LogP contribution in [0.25, 0.3) is 0 Å². The number of alkyl halides is 3. The third-order valence-corrected chi connectivity index (χ3v) is 5.06. The minimum Gasteiger partial charge on any atom is -0.380 e. The molecule has 2 aromatic rings. The minimum atomic E-state index is -4.61. The molecule has 0 bridgehead atoms. The Labute approximate surface area is 157 Å². The minimum absolute atomic E-state index is 0.221. The van der Waals surface area contributed by atoms with Crippen LogP contribution in [0.3, 0.4) is 0 Å². The Hall–Kier alpha value is -1.89. The lowest BCUT2D eigenvalue weighted by atomic mass is 9.83. The van der Waals surface area contributed by atoms with Crippen molar-refractivity contribution < 1.29 is 23.0 Å². The highest BCUT2D eigenvalue weighted by atomic mass is 19.4. The summed E-state index contributed by atoms with van der Waals surface area (Å²) in [6, 6.07) is 18.8. The number of likely N-dealkylation sites (tertiary alicyclic amines) is 1. The molecule has 27 heavy (non-hydrogen) atoms. The number of piperidine rings is 1. The van der Waals surface area contributed by atoms with Gasteiger partial charge >= 0.3 is 6.36 Å². The van der Waals surface area contributed by atoms with Crippen molar-refractivity contribution in [1.29, 1.82) is 0 Å². The van der Waals surface area contributed by atoms with E-state index in [1.807, 2.05) is 65.6 Å². The van der Waals surface area contributed by atoms with E-state index >= 15 is 0 Å². The highest BCUT2D eigenvalue weighted by Crippen LogP contribution is 2.33. The fourth-order valence-corrected chi connectivity index (χ4v) is 3.70. The van der Waals surface area contributed by atoms with Crippen LogP contribution in [0.5, 0.6) is 0 Å². The maximum absolute atomic E-state index is 12.5. The van der Waals surface area contributed by atoms with Crippen LogP contribution in [-0.2, 0) is 10.3 Å². The van der Waals surface area contributed by atoms with Gasteiger partial charge in [-0.15, -0.1) is 13.2 Å². The van der Waals surface area contributed by atoms with Crippen molar-refractivity contribution in [3.8, 4) is 0 Å². The van der Waals surface area contributed by atoms with Gasteiger partial charge in [0.25, 0.3) is 0 Å². The first kappa shape index (κ1) is 19.9. The molecule has 1 aliphatic heterocycles. The molecule has 0 saturated carbocycles. The Balaban J connectivity index is 1.72. The summed E-state index contributed by atoms with van der Waals surface area (Å²) in [7, 11) is 0. The Morgan fingerprint density at radius 1 is 0.963 bits per heavy atom. The maximum atomic E-state index is 12.5. The molecule has 1 atom stereocenters. The van der Waals surface area contributed by atoms with E-state index < -0.39 is 18.1 Å². The number of rotatable bonds is 6. The van der Waals surface area contributed by atoms with Gasteiger partial charge in [0, 0.05) is 13.1 Å². The van der Waals surface area contributed by atoms with Crippen molar-refractivity contribution in [3.63, 3.8) is 0 Å². The SMILES string of the molecule is OC(CCN1CCC[C@@H](OC(F)(F)F)C1)(c1ccccc1)c1ccccc1. The lowest BCUT2D eigenvalue weighted by Crippen LogP contribution is -2.44. The molecule has 1 N–H and O–H groups in total. The van der Waals surface area contributed by atoms with Crippen molar-refractivity contribution in [2.45, 2.75) is 37.3 Å². The van der Waals surface area contributed by atoms with E-state index in [9.17, 15) is 18.3 Å². The zero-order valence-electron chi connectivity index (χ0n) is 15.0. The number of ether oxygens (including phenoxy) is 1. The zero-order chi connectivity index (χ0) is 19.3. The Morgan fingerprint density at radius 3 is 2.04 bits per heavy atom.